The van der Waals surface area contributed by atoms with Gasteiger partial charge in [-0.05, 0) is 73.0 Å². The van der Waals surface area contributed by atoms with Crippen LogP contribution < -0.4 is 10.5 Å². The van der Waals surface area contributed by atoms with Gasteiger partial charge < -0.3 is 24.5 Å². The van der Waals surface area contributed by atoms with Crippen molar-refractivity contribution >= 4 is 32.7 Å². The second-order valence-corrected chi connectivity index (χ2v) is 10.5. The van der Waals surface area contributed by atoms with Crippen LogP contribution >= 0.6 is 15.9 Å². The Labute approximate surface area is 205 Å². The Balaban J connectivity index is 1.27. The van der Waals surface area contributed by atoms with E-state index < -0.39 is 5.79 Å². The van der Waals surface area contributed by atoms with E-state index in [1.165, 1.54) is 0 Å². The normalized spacial score (nSPS) is 25.8. The first kappa shape index (κ1) is 21.8. The average Bonchev–Trinajstić information content (AvgIpc) is 3.48. The number of fused-ring (bicyclic) bond motifs is 3. The third kappa shape index (κ3) is 3.62. The molecular formula is C25H26BrN5O3. The average molecular weight is 524 g/mol. The number of imidazole rings is 1. The molecule has 0 unspecified atom stereocenters. The Morgan fingerprint density at radius 2 is 2.00 bits per heavy atom. The van der Waals surface area contributed by atoms with Gasteiger partial charge in [0.05, 0.1) is 28.7 Å². The molecule has 1 aromatic carbocycles. The molecule has 34 heavy (non-hydrogen) atoms. The molecule has 2 N–H and O–H groups in total. The number of aryl methyl sites for hydroxylation is 1. The van der Waals surface area contributed by atoms with Gasteiger partial charge in [-0.3, -0.25) is 0 Å². The summed E-state index contributed by atoms with van der Waals surface area (Å²) in [6.45, 7) is 6.50. The Morgan fingerprint density at radius 1 is 1.18 bits per heavy atom. The second kappa shape index (κ2) is 7.90. The number of nitrogens with zero attached hydrogens (tertiary/aromatic N) is 4. The number of halogens is 1. The number of anilines is 1. The second-order valence-electron chi connectivity index (χ2n) is 9.60. The highest BCUT2D eigenvalue weighted by Crippen LogP contribution is 2.48. The van der Waals surface area contributed by atoms with E-state index in [0.29, 0.717) is 12.4 Å². The topological polar surface area (TPSA) is 97.3 Å². The van der Waals surface area contributed by atoms with E-state index >= 15 is 0 Å². The van der Waals surface area contributed by atoms with E-state index in [9.17, 15) is 0 Å². The molecule has 4 heterocycles. The molecule has 0 bridgehead atoms. The quantitative estimate of drug-likeness (QED) is 0.412. The predicted octanol–water partition coefficient (Wildman–Crippen LogP) is 4.74. The third-order valence-electron chi connectivity index (χ3n) is 6.82. The standard InChI is InChI=1S/C25H26BrN5O3/c1-13-6-7-31(24-20(13)28-12-29-24)19-9-15(21-22(19)34-25(2,3)33-21)11-32-16-5-4-14-8-17(26)23(27)30-18(14)10-16/h4-8,10,12,15,19,21-22H,9,11H2,1-3H3,(H2,27,30)/t15-,19-,21-,22+/m1/s1. The zero-order chi connectivity index (χ0) is 23.6. The minimum Gasteiger partial charge on any atom is -0.493 e. The van der Waals surface area contributed by atoms with Gasteiger partial charge in [-0.25, -0.2) is 15.0 Å². The van der Waals surface area contributed by atoms with Gasteiger partial charge in [0.2, 0.25) is 0 Å². The molecule has 1 saturated heterocycles. The summed E-state index contributed by atoms with van der Waals surface area (Å²) in [5, 5.41) is 0.999. The number of nitrogens with two attached hydrogens (primary N) is 1. The lowest BCUT2D eigenvalue weighted by atomic mass is 10.1. The molecule has 0 amide bonds. The molecular weight excluding hydrogens is 498 g/mol. The summed E-state index contributed by atoms with van der Waals surface area (Å²) in [4.78, 5) is 13.4. The van der Waals surface area contributed by atoms with Gasteiger partial charge in [-0.2, -0.15) is 0 Å². The Kier molecular flexibility index (Phi) is 5.05. The van der Waals surface area contributed by atoms with E-state index in [2.05, 4.69) is 54.6 Å². The van der Waals surface area contributed by atoms with Crippen LogP contribution in [0.25, 0.3) is 22.4 Å². The van der Waals surface area contributed by atoms with Crippen molar-refractivity contribution in [3.8, 4) is 17.3 Å². The zero-order valence-electron chi connectivity index (χ0n) is 19.2. The molecule has 1 saturated carbocycles. The van der Waals surface area contributed by atoms with Crippen molar-refractivity contribution in [1.82, 2.24) is 19.5 Å². The highest BCUT2D eigenvalue weighted by Gasteiger charge is 2.55. The number of aromatic nitrogens is 4. The summed E-state index contributed by atoms with van der Waals surface area (Å²) in [7, 11) is 0. The van der Waals surface area contributed by atoms with E-state index in [4.69, 9.17) is 19.9 Å². The highest BCUT2D eigenvalue weighted by molar-refractivity contribution is 9.10. The van der Waals surface area contributed by atoms with Gasteiger partial charge in [0, 0.05) is 23.6 Å². The third-order valence-corrected chi connectivity index (χ3v) is 7.46. The van der Waals surface area contributed by atoms with E-state index in [1.54, 1.807) is 6.33 Å². The zero-order valence-corrected chi connectivity index (χ0v) is 20.8. The van der Waals surface area contributed by atoms with E-state index in [-0.39, 0.29) is 24.2 Å². The molecule has 9 heteroatoms. The molecule has 0 spiro atoms. The van der Waals surface area contributed by atoms with Crippen molar-refractivity contribution < 1.29 is 14.2 Å². The summed E-state index contributed by atoms with van der Waals surface area (Å²) >= 11 is 3.43. The van der Waals surface area contributed by atoms with Crippen molar-refractivity contribution in [3.63, 3.8) is 0 Å². The lowest BCUT2D eigenvalue weighted by Crippen LogP contribution is -2.29. The number of rotatable bonds is 4. The van der Waals surface area contributed by atoms with Crippen LogP contribution in [0.5, 0.6) is 5.75 Å². The van der Waals surface area contributed by atoms with Crippen molar-refractivity contribution in [2.75, 3.05) is 12.3 Å². The Hall–Kier alpha value is -2.75. The first-order valence-corrected chi connectivity index (χ1v) is 12.2. The number of hydrogen-bond donors (Lipinski definition) is 1. The minimum absolute atomic E-state index is 0.0723. The fourth-order valence-electron chi connectivity index (χ4n) is 5.26. The molecule has 8 nitrogen and oxygen atoms in total. The van der Waals surface area contributed by atoms with E-state index in [0.717, 1.165) is 44.6 Å². The number of benzene rings is 1. The number of pyridine rings is 2. The fraction of sp³-hybridized carbons (Fsp3) is 0.400. The summed E-state index contributed by atoms with van der Waals surface area (Å²) in [5.41, 5.74) is 8.80. The fourth-order valence-corrected chi connectivity index (χ4v) is 5.59. The van der Waals surface area contributed by atoms with Gasteiger partial charge in [0.15, 0.2) is 11.6 Å². The van der Waals surface area contributed by atoms with Crippen molar-refractivity contribution in [1.29, 1.82) is 0 Å². The molecule has 2 fully saturated rings. The largest absolute Gasteiger partial charge is 0.493 e. The lowest BCUT2D eigenvalue weighted by Gasteiger charge is -2.26. The molecule has 2 aromatic rings. The van der Waals surface area contributed by atoms with Crippen molar-refractivity contribution in [2.24, 2.45) is 5.92 Å². The highest BCUT2D eigenvalue weighted by atomic mass is 79.9. The molecule has 176 valence electrons. The number of hydrogen-bond acceptors (Lipinski definition) is 7. The predicted molar refractivity (Wildman–Crippen MR) is 132 cm³/mol. The Morgan fingerprint density at radius 3 is 2.85 bits per heavy atom. The number of ether oxygens (including phenoxy) is 3. The maximum Gasteiger partial charge on any atom is 0.163 e. The van der Waals surface area contributed by atoms with Gasteiger partial charge >= 0.3 is 0 Å². The van der Waals surface area contributed by atoms with Crippen LogP contribution in [-0.4, -0.2) is 44.1 Å². The van der Waals surface area contributed by atoms with Gasteiger partial charge in [0.1, 0.15) is 29.7 Å². The van der Waals surface area contributed by atoms with Crippen LogP contribution in [0, 0.1) is 12.8 Å². The van der Waals surface area contributed by atoms with Gasteiger partial charge in [0.25, 0.3) is 0 Å². The van der Waals surface area contributed by atoms with Crippen LogP contribution in [0.15, 0.2) is 47.3 Å². The Bertz CT molecular complexity index is 1360. The van der Waals surface area contributed by atoms with Crippen molar-refractivity contribution in [2.45, 2.75) is 51.2 Å². The van der Waals surface area contributed by atoms with Crippen molar-refractivity contribution in [3.05, 3.63) is 52.9 Å². The summed E-state index contributed by atoms with van der Waals surface area (Å²) in [6.07, 6.45) is 4.40. The monoisotopic (exact) mass is 523 g/mol. The van der Waals surface area contributed by atoms with Crippen LogP contribution in [-0.2, 0) is 9.47 Å². The molecule has 1 aliphatic carbocycles. The van der Waals surface area contributed by atoms with Crippen LogP contribution in [0.1, 0.15) is 31.9 Å². The number of nitrogen functional groups attached to an aromatic ring is 1. The maximum atomic E-state index is 6.38. The molecule has 4 atom stereocenters. The van der Waals surface area contributed by atoms with E-state index in [1.807, 2.05) is 38.1 Å². The smallest absolute Gasteiger partial charge is 0.163 e. The summed E-state index contributed by atoms with van der Waals surface area (Å²) in [6, 6.07) is 10.0. The molecule has 3 aliphatic heterocycles. The summed E-state index contributed by atoms with van der Waals surface area (Å²) in [5.74, 6) is 1.60. The van der Waals surface area contributed by atoms with Crippen LogP contribution in [0.3, 0.4) is 0 Å². The first-order valence-electron chi connectivity index (χ1n) is 11.4. The molecule has 0 radical (unpaired) electrons. The van der Waals surface area contributed by atoms with Gasteiger partial charge in [-0.1, -0.05) is 0 Å². The first-order chi connectivity index (χ1) is 16.3. The molecule has 1 aromatic heterocycles. The molecule has 6 rings (SSSR count). The van der Waals surface area contributed by atoms with Crippen LogP contribution in [0.2, 0.25) is 0 Å². The minimum atomic E-state index is -0.647. The van der Waals surface area contributed by atoms with Crippen LogP contribution in [0.4, 0.5) is 5.82 Å². The summed E-state index contributed by atoms with van der Waals surface area (Å²) < 4.78 is 22.0. The lowest BCUT2D eigenvalue weighted by molar-refractivity contribution is -0.161. The maximum absolute atomic E-state index is 6.38. The molecule has 4 aliphatic rings. The van der Waals surface area contributed by atoms with Gasteiger partial charge in [-0.15, -0.1) is 0 Å². The SMILES string of the molecule is Cc1ccn([C@@H]2C[C@H](COc3ccc4cc(Br)c(N)nc4c3)[C@H]3OC(C)(C)O[C@H]32)c2ncnc1-2.